The summed E-state index contributed by atoms with van der Waals surface area (Å²) in [7, 11) is 0. The van der Waals surface area contributed by atoms with Crippen molar-refractivity contribution in [2.75, 3.05) is 18.5 Å². The van der Waals surface area contributed by atoms with Crippen molar-refractivity contribution in [1.29, 1.82) is 0 Å². The Hall–Kier alpha value is -4.02. The van der Waals surface area contributed by atoms with Crippen LogP contribution in [-0.2, 0) is 4.74 Å². The fourth-order valence-electron chi connectivity index (χ4n) is 4.14. The molecule has 0 unspecified atom stereocenters. The van der Waals surface area contributed by atoms with E-state index in [1.165, 1.54) is 30.5 Å². The molecule has 1 aliphatic heterocycles. The van der Waals surface area contributed by atoms with Gasteiger partial charge in [-0.1, -0.05) is 11.6 Å². The number of anilines is 1. The van der Waals surface area contributed by atoms with Gasteiger partial charge >= 0.3 is 5.97 Å². The van der Waals surface area contributed by atoms with E-state index in [4.69, 9.17) is 22.1 Å². The highest BCUT2D eigenvalue weighted by atomic mass is 35.5. The first kappa shape index (κ1) is 23.7. The number of aryl methyl sites for hydroxylation is 1. The van der Waals surface area contributed by atoms with Gasteiger partial charge in [0, 0.05) is 36.2 Å². The molecule has 0 radical (unpaired) electrons. The molecule has 1 aliphatic rings. The number of pyridine rings is 1. The molecule has 3 aromatic heterocycles. The number of rotatable bonds is 6. The van der Waals surface area contributed by atoms with Crippen molar-refractivity contribution in [3.63, 3.8) is 0 Å². The number of aromatic carboxylic acids is 1. The van der Waals surface area contributed by atoms with E-state index in [1.54, 1.807) is 10.7 Å². The number of hydrogen-bond acceptors (Lipinski definition) is 6. The van der Waals surface area contributed by atoms with Crippen molar-refractivity contribution < 1.29 is 19.0 Å². The molecule has 4 N–H and O–H groups in total. The first-order valence-electron chi connectivity index (χ1n) is 11.2. The average molecular weight is 509 g/mol. The second-order valence-electron chi connectivity index (χ2n) is 8.48. The fourth-order valence-corrected chi connectivity index (χ4v) is 4.30. The molecule has 4 heterocycles. The molecule has 4 aromatic rings. The molecular formula is C25H22ClFN6O3. The molecule has 11 heteroatoms. The number of carboxylic acid groups (broad SMARTS) is 1. The van der Waals surface area contributed by atoms with Crippen molar-refractivity contribution in [3.05, 3.63) is 76.6 Å². The normalized spacial score (nSPS) is 16.0. The molecule has 0 bridgehead atoms. The summed E-state index contributed by atoms with van der Waals surface area (Å²) in [5.41, 5.74) is 10.8. The number of hydrogen-bond donors (Lipinski definition) is 3. The number of nitrogens with one attached hydrogen (secondary N) is 1. The van der Waals surface area contributed by atoms with E-state index < -0.39 is 11.8 Å². The predicted molar refractivity (Wildman–Crippen MR) is 135 cm³/mol. The molecule has 0 aliphatic carbocycles. The van der Waals surface area contributed by atoms with Crippen LogP contribution in [0.3, 0.4) is 0 Å². The van der Waals surface area contributed by atoms with Crippen LogP contribution in [0.2, 0.25) is 5.02 Å². The quantitative estimate of drug-likeness (QED) is 0.259. The summed E-state index contributed by atoms with van der Waals surface area (Å²) in [5.74, 6) is -1.45. The molecule has 0 spiro atoms. The molecular weight excluding hydrogens is 487 g/mol. The summed E-state index contributed by atoms with van der Waals surface area (Å²) in [6, 6.07) is 7.39. The number of nitrogens with two attached hydrogens (primary N) is 1. The zero-order valence-electron chi connectivity index (χ0n) is 19.2. The smallest absolute Gasteiger partial charge is 0.354 e. The van der Waals surface area contributed by atoms with E-state index in [-0.39, 0.29) is 28.3 Å². The van der Waals surface area contributed by atoms with Crippen LogP contribution in [0.15, 0.2) is 53.9 Å². The van der Waals surface area contributed by atoms with Gasteiger partial charge in [-0.05, 0) is 43.2 Å². The van der Waals surface area contributed by atoms with Crippen LogP contribution >= 0.6 is 11.6 Å². The van der Waals surface area contributed by atoms with Crippen molar-refractivity contribution in [1.82, 2.24) is 14.6 Å². The number of ether oxygens (including phenoxy) is 1. The minimum absolute atomic E-state index is 0.0241. The number of fused-ring (bicyclic) bond motifs is 1. The first-order chi connectivity index (χ1) is 17.3. The lowest BCUT2D eigenvalue weighted by atomic mass is 10.0. The third-order valence-corrected chi connectivity index (χ3v) is 6.30. The number of halogens is 2. The number of carboxylic acids is 1. The SMILES string of the molecule is Cc1cc(C(=O)O)ncc1-c1cc2c(N[C@H]3CCOC3)c(/C(N)=N/c3cc(F)ccc3Cl)cnn2c1. The van der Waals surface area contributed by atoms with E-state index in [9.17, 15) is 14.3 Å². The minimum Gasteiger partial charge on any atom is -0.477 e. The lowest BCUT2D eigenvalue weighted by Gasteiger charge is -2.17. The van der Waals surface area contributed by atoms with Gasteiger partial charge in [-0.3, -0.25) is 0 Å². The van der Waals surface area contributed by atoms with E-state index in [2.05, 4.69) is 20.4 Å². The molecule has 5 rings (SSSR count). The topological polar surface area (TPSA) is 127 Å². The Labute approximate surface area is 210 Å². The maximum absolute atomic E-state index is 13.8. The standard InChI is InChI=1S/C25H22ClFN6O3/c1-13-6-21(25(34)35)29-9-17(13)14-7-22-23(31-16-4-5-36-12-16)18(10-30-33(22)11-14)24(28)32-20-8-15(27)2-3-19(20)26/h2-3,6-11,16,31H,4-5,12H2,1H3,(H2,28,32)(H,34,35)/t16-/m0/s1. The van der Waals surface area contributed by atoms with Crippen LogP contribution in [0.25, 0.3) is 16.6 Å². The van der Waals surface area contributed by atoms with Crippen LogP contribution in [0, 0.1) is 12.7 Å². The monoisotopic (exact) mass is 508 g/mol. The Bertz CT molecular complexity index is 1510. The summed E-state index contributed by atoms with van der Waals surface area (Å²) in [5, 5.41) is 17.5. The molecule has 1 saturated heterocycles. The number of aromatic nitrogens is 3. The Morgan fingerprint density at radius 1 is 1.33 bits per heavy atom. The number of benzene rings is 1. The third-order valence-electron chi connectivity index (χ3n) is 5.98. The lowest BCUT2D eigenvalue weighted by molar-refractivity contribution is 0.0690. The zero-order chi connectivity index (χ0) is 25.4. The van der Waals surface area contributed by atoms with Gasteiger partial charge in [0.15, 0.2) is 0 Å². The number of aliphatic imine (C=N–C) groups is 1. The Morgan fingerprint density at radius 2 is 2.17 bits per heavy atom. The van der Waals surface area contributed by atoms with E-state index >= 15 is 0 Å². The van der Waals surface area contributed by atoms with E-state index in [1.807, 2.05) is 19.2 Å². The maximum atomic E-state index is 13.8. The molecule has 1 aromatic carbocycles. The predicted octanol–water partition coefficient (Wildman–Crippen LogP) is 4.43. The van der Waals surface area contributed by atoms with Gasteiger partial charge in [-0.15, -0.1) is 0 Å². The maximum Gasteiger partial charge on any atom is 0.354 e. The number of carbonyl (C=O) groups is 1. The molecule has 0 saturated carbocycles. The van der Waals surface area contributed by atoms with Crippen molar-refractivity contribution in [2.24, 2.45) is 10.7 Å². The highest BCUT2D eigenvalue weighted by Crippen LogP contribution is 2.32. The molecule has 9 nitrogen and oxygen atoms in total. The van der Waals surface area contributed by atoms with E-state index in [0.29, 0.717) is 24.5 Å². The highest BCUT2D eigenvalue weighted by Gasteiger charge is 2.22. The first-order valence-corrected chi connectivity index (χ1v) is 11.5. The van der Waals surface area contributed by atoms with Crippen LogP contribution in [0.4, 0.5) is 15.8 Å². The van der Waals surface area contributed by atoms with Gasteiger partial charge in [0.05, 0.1) is 46.3 Å². The second kappa shape index (κ2) is 9.56. The third kappa shape index (κ3) is 4.60. The van der Waals surface area contributed by atoms with Gasteiger partial charge < -0.3 is 20.9 Å². The summed E-state index contributed by atoms with van der Waals surface area (Å²) in [6.45, 7) is 3.00. The largest absolute Gasteiger partial charge is 0.477 e. The zero-order valence-corrected chi connectivity index (χ0v) is 20.0. The second-order valence-corrected chi connectivity index (χ2v) is 8.89. The summed E-state index contributed by atoms with van der Waals surface area (Å²) >= 11 is 6.19. The number of amidine groups is 1. The summed E-state index contributed by atoms with van der Waals surface area (Å²) in [4.78, 5) is 19.7. The summed E-state index contributed by atoms with van der Waals surface area (Å²) in [6.07, 6.45) is 5.76. The Kier molecular flexibility index (Phi) is 6.29. The summed E-state index contributed by atoms with van der Waals surface area (Å²) < 4.78 is 21.0. The Balaban J connectivity index is 1.63. The number of nitrogens with zero attached hydrogens (tertiary/aromatic N) is 4. The van der Waals surface area contributed by atoms with Gasteiger partial charge in [-0.25, -0.2) is 23.7 Å². The van der Waals surface area contributed by atoms with Crippen molar-refractivity contribution in [3.8, 4) is 11.1 Å². The van der Waals surface area contributed by atoms with Gasteiger partial charge in [0.2, 0.25) is 0 Å². The Morgan fingerprint density at radius 3 is 2.89 bits per heavy atom. The van der Waals surface area contributed by atoms with E-state index in [0.717, 1.165) is 28.6 Å². The van der Waals surface area contributed by atoms with Gasteiger partial charge in [0.1, 0.15) is 17.3 Å². The van der Waals surface area contributed by atoms with Crippen molar-refractivity contribution in [2.45, 2.75) is 19.4 Å². The average Bonchev–Trinajstić information content (AvgIpc) is 3.51. The molecule has 1 fully saturated rings. The van der Waals surface area contributed by atoms with Gasteiger partial charge in [-0.2, -0.15) is 5.10 Å². The molecule has 36 heavy (non-hydrogen) atoms. The lowest BCUT2D eigenvalue weighted by Crippen LogP contribution is -2.24. The molecule has 184 valence electrons. The van der Waals surface area contributed by atoms with Crippen LogP contribution in [0.1, 0.15) is 28.0 Å². The van der Waals surface area contributed by atoms with Crippen molar-refractivity contribution >= 4 is 40.3 Å². The van der Waals surface area contributed by atoms with Crippen LogP contribution in [0.5, 0.6) is 0 Å². The highest BCUT2D eigenvalue weighted by molar-refractivity contribution is 6.33. The van der Waals surface area contributed by atoms with Crippen LogP contribution < -0.4 is 11.1 Å². The van der Waals surface area contributed by atoms with Crippen LogP contribution in [-0.4, -0.2) is 50.8 Å². The minimum atomic E-state index is -1.09. The molecule has 0 amide bonds. The fraction of sp³-hybridized carbons (Fsp3) is 0.200. The molecule has 1 atom stereocenters. The van der Waals surface area contributed by atoms with Gasteiger partial charge in [0.25, 0.3) is 0 Å².